The molecule has 0 fully saturated rings. The van der Waals surface area contributed by atoms with E-state index in [0.717, 1.165) is 17.5 Å². The molecule has 3 aromatic rings. The molecule has 0 saturated heterocycles. The Kier molecular flexibility index (Phi) is 6.42. The third-order valence-corrected chi connectivity index (χ3v) is 7.68. The van der Waals surface area contributed by atoms with E-state index in [1.807, 2.05) is 38.1 Å². The molecule has 0 unspecified atom stereocenters. The van der Waals surface area contributed by atoms with Crippen molar-refractivity contribution in [1.82, 2.24) is 5.32 Å². The number of benzene rings is 3. The van der Waals surface area contributed by atoms with Crippen molar-refractivity contribution in [2.75, 3.05) is 10.8 Å². The normalized spacial score (nSPS) is 16.5. The minimum absolute atomic E-state index is 0.111. The molecule has 7 heteroatoms. The second kappa shape index (κ2) is 9.27. The summed E-state index contributed by atoms with van der Waals surface area (Å²) in [5.41, 5.74) is 3.59. The molecule has 1 N–H and O–H groups in total. The number of nitrogens with zero attached hydrogens (tertiary/aromatic N) is 1. The van der Waals surface area contributed by atoms with E-state index in [1.54, 1.807) is 48.5 Å². The molecule has 1 amide bonds. The van der Waals surface area contributed by atoms with Gasteiger partial charge in [0.15, 0.2) is 6.10 Å². The first-order valence-corrected chi connectivity index (χ1v) is 12.5. The molecular formula is C26H28N2O4S. The molecule has 3 aromatic carbocycles. The molecular weight excluding hydrogens is 436 g/mol. The van der Waals surface area contributed by atoms with Gasteiger partial charge in [-0.25, -0.2) is 8.42 Å². The summed E-state index contributed by atoms with van der Waals surface area (Å²) in [5, 5.41) is 2.97. The highest BCUT2D eigenvalue weighted by atomic mass is 32.2. The second-order valence-electron chi connectivity index (χ2n) is 8.25. The second-order valence-corrected chi connectivity index (χ2v) is 10.1. The molecule has 33 heavy (non-hydrogen) atoms. The molecule has 0 radical (unpaired) electrons. The number of carbonyl (C=O) groups excluding carboxylic acids is 1. The predicted molar refractivity (Wildman–Crippen MR) is 129 cm³/mol. The van der Waals surface area contributed by atoms with Crippen LogP contribution in [-0.2, 0) is 21.2 Å². The van der Waals surface area contributed by atoms with Gasteiger partial charge >= 0.3 is 0 Å². The third kappa shape index (κ3) is 4.73. The summed E-state index contributed by atoms with van der Waals surface area (Å²) in [7, 11) is -3.87. The van der Waals surface area contributed by atoms with Crippen molar-refractivity contribution in [1.29, 1.82) is 0 Å². The number of sulfonamides is 1. The van der Waals surface area contributed by atoms with E-state index < -0.39 is 16.1 Å². The van der Waals surface area contributed by atoms with Gasteiger partial charge < -0.3 is 10.1 Å². The highest BCUT2D eigenvalue weighted by Crippen LogP contribution is 2.37. The standard InChI is InChI=1S/C26H28N2O4S/c1-4-20-11-13-21(14-12-20)19(3)27-26(29)25-17-28(23-7-5-6-8-24(23)32-25)33(30,31)22-15-9-18(2)10-16-22/h5-16,19,25H,4,17H2,1-3H3,(H,27,29)/t19-,25-/m1/s1. The molecule has 1 heterocycles. The fourth-order valence-electron chi connectivity index (χ4n) is 3.84. The zero-order valence-corrected chi connectivity index (χ0v) is 19.8. The van der Waals surface area contributed by atoms with Crippen LogP contribution in [0.1, 0.15) is 36.6 Å². The summed E-state index contributed by atoms with van der Waals surface area (Å²) in [4.78, 5) is 13.3. The molecule has 1 aliphatic rings. The zero-order valence-electron chi connectivity index (χ0n) is 19.0. The minimum Gasteiger partial charge on any atom is -0.476 e. The summed E-state index contributed by atoms with van der Waals surface area (Å²) < 4.78 is 34.1. The summed E-state index contributed by atoms with van der Waals surface area (Å²) in [5.74, 6) is 0.000200. The summed E-state index contributed by atoms with van der Waals surface area (Å²) in [6.07, 6.45) is -0.0285. The maximum absolute atomic E-state index is 13.5. The molecule has 0 aliphatic carbocycles. The van der Waals surface area contributed by atoms with E-state index >= 15 is 0 Å². The number of anilines is 1. The molecule has 2 atom stereocenters. The SMILES string of the molecule is CCc1ccc([C@@H](C)NC(=O)[C@H]2CN(S(=O)(=O)c3ccc(C)cc3)c3ccccc3O2)cc1. The van der Waals surface area contributed by atoms with Crippen molar-refractivity contribution in [3.05, 3.63) is 89.5 Å². The summed E-state index contributed by atoms with van der Waals surface area (Å²) in [6.45, 7) is 5.78. The molecule has 0 aromatic heterocycles. The van der Waals surface area contributed by atoms with Crippen LogP contribution in [0.3, 0.4) is 0 Å². The molecule has 0 spiro atoms. The highest BCUT2D eigenvalue weighted by molar-refractivity contribution is 7.92. The molecule has 1 aliphatic heterocycles. The summed E-state index contributed by atoms with van der Waals surface area (Å²) in [6, 6.07) is 21.4. The lowest BCUT2D eigenvalue weighted by Gasteiger charge is -2.35. The number of rotatable bonds is 6. The average Bonchev–Trinajstić information content (AvgIpc) is 2.83. The van der Waals surface area contributed by atoms with Gasteiger partial charge in [-0.1, -0.05) is 61.0 Å². The van der Waals surface area contributed by atoms with Crippen LogP contribution >= 0.6 is 0 Å². The third-order valence-electron chi connectivity index (χ3n) is 5.88. The van der Waals surface area contributed by atoms with Crippen LogP contribution < -0.4 is 14.4 Å². The van der Waals surface area contributed by atoms with Crippen molar-refractivity contribution in [2.24, 2.45) is 0 Å². The number of hydrogen-bond acceptors (Lipinski definition) is 4. The van der Waals surface area contributed by atoms with Crippen LogP contribution in [0.4, 0.5) is 5.69 Å². The molecule has 0 bridgehead atoms. The van der Waals surface area contributed by atoms with Gasteiger partial charge in [0.1, 0.15) is 5.75 Å². The van der Waals surface area contributed by atoms with Crippen molar-refractivity contribution in [2.45, 2.75) is 44.2 Å². The van der Waals surface area contributed by atoms with Gasteiger partial charge in [0.2, 0.25) is 0 Å². The Morgan fingerprint density at radius 2 is 1.73 bits per heavy atom. The average molecular weight is 465 g/mol. The van der Waals surface area contributed by atoms with Crippen LogP contribution in [-0.4, -0.2) is 27.0 Å². The topological polar surface area (TPSA) is 75.7 Å². The van der Waals surface area contributed by atoms with Crippen molar-refractivity contribution < 1.29 is 17.9 Å². The zero-order chi connectivity index (χ0) is 23.6. The maximum Gasteiger partial charge on any atom is 0.264 e. The number of para-hydroxylation sites is 2. The Morgan fingerprint density at radius 3 is 2.39 bits per heavy atom. The molecule has 0 saturated carbocycles. The van der Waals surface area contributed by atoms with Crippen LogP contribution in [0.25, 0.3) is 0 Å². The largest absolute Gasteiger partial charge is 0.476 e. The van der Waals surface area contributed by atoms with Crippen molar-refractivity contribution in [3.63, 3.8) is 0 Å². The first-order chi connectivity index (χ1) is 15.8. The van der Waals surface area contributed by atoms with Gasteiger partial charge in [0, 0.05) is 0 Å². The number of carbonyl (C=O) groups is 1. The van der Waals surface area contributed by atoms with Crippen LogP contribution in [0.5, 0.6) is 5.75 Å². The molecule has 4 rings (SSSR count). The highest BCUT2D eigenvalue weighted by Gasteiger charge is 2.37. The fourth-order valence-corrected chi connectivity index (χ4v) is 5.31. The van der Waals surface area contributed by atoms with Crippen LogP contribution in [0, 0.1) is 6.92 Å². The number of amides is 1. The van der Waals surface area contributed by atoms with E-state index in [2.05, 4.69) is 12.2 Å². The number of nitrogens with one attached hydrogen (secondary N) is 1. The minimum atomic E-state index is -3.87. The first-order valence-electron chi connectivity index (χ1n) is 11.0. The Morgan fingerprint density at radius 1 is 1.06 bits per heavy atom. The Bertz CT molecular complexity index is 1240. The lowest BCUT2D eigenvalue weighted by molar-refractivity contribution is -0.128. The van der Waals surface area contributed by atoms with Gasteiger partial charge in [-0.2, -0.15) is 0 Å². The number of aryl methyl sites for hydroxylation is 2. The van der Waals surface area contributed by atoms with E-state index in [4.69, 9.17) is 4.74 Å². The van der Waals surface area contributed by atoms with Gasteiger partial charge in [-0.15, -0.1) is 0 Å². The van der Waals surface area contributed by atoms with Crippen LogP contribution in [0.2, 0.25) is 0 Å². The lowest BCUT2D eigenvalue weighted by atomic mass is 10.0. The fraction of sp³-hybridized carbons (Fsp3) is 0.269. The Balaban J connectivity index is 1.59. The van der Waals surface area contributed by atoms with Gasteiger partial charge in [-0.3, -0.25) is 9.10 Å². The van der Waals surface area contributed by atoms with Gasteiger partial charge in [-0.05, 0) is 55.7 Å². The monoisotopic (exact) mass is 464 g/mol. The van der Waals surface area contributed by atoms with Gasteiger partial charge in [0.05, 0.1) is 23.2 Å². The predicted octanol–water partition coefficient (Wildman–Crippen LogP) is 4.39. The molecule has 6 nitrogen and oxygen atoms in total. The van der Waals surface area contributed by atoms with Crippen LogP contribution in [0.15, 0.2) is 77.7 Å². The van der Waals surface area contributed by atoms with Crippen molar-refractivity contribution in [3.8, 4) is 5.75 Å². The van der Waals surface area contributed by atoms with E-state index in [0.29, 0.717) is 11.4 Å². The Labute approximate surface area is 195 Å². The first kappa shape index (κ1) is 22.9. The number of ether oxygens (including phenoxy) is 1. The van der Waals surface area contributed by atoms with Crippen molar-refractivity contribution >= 4 is 21.6 Å². The van der Waals surface area contributed by atoms with E-state index in [-0.39, 0.29) is 23.4 Å². The quantitative estimate of drug-likeness (QED) is 0.587. The lowest BCUT2D eigenvalue weighted by Crippen LogP contribution is -2.51. The molecule has 172 valence electrons. The van der Waals surface area contributed by atoms with E-state index in [9.17, 15) is 13.2 Å². The number of fused-ring (bicyclic) bond motifs is 1. The van der Waals surface area contributed by atoms with Gasteiger partial charge in [0.25, 0.3) is 15.9 Å². The maximum atomic E-state index is 13.5. The van der Waals surface area contributed by atoms with E-state index in [1.165, 1.54) is 9.87 Å². The Hall–Kier alpha value is -3.32. The summed E-state index contributed by atoms with van der Waals surface area (Å²) >= 11 is 0. The number of hydrogen-bond donors (Lipinski definition) is 1. The smallest absolute Gasteiger partial charge is 0.264 e.